The molecular weight excluding hydrogens is 474 g/mol. The molecule has 1 aliphatic carbocycles. The number of hydrogen-bond acceptors (Lipinski definition) is 5. The topological polar surface area (TPSA) is 75.7 Å². The van der Waals surface area contributed by atoms with Gasteiger partial charge in [0.1, 0.15) is 23.5 Å². The number of carbonyl (C=O) groups is 1. The number of nitrogens with one attached hydrogen (secondary N) is 1. The number of likely N-dealkylation sites (tertiary alicyclic amines) is 1. The van der Waals surface area contributed by atoms with Gasteiger partial charge in [-0.25, -0.2) is 21.9 Å². The Hall–Kier alpha value is -2.23. The lowest BCUT2D eigenvalue weighted by Gasteiger charge is -2.32. The highest BCUT2D eigenvalue weighted by molar-refractivity contribution is 7.89. The monoisotopic (exact) mass is 498 g/mol. The molecule has 0 spiro atoms. The molecule has 2 fully saturated rings. The van der Waals surface area contributed by atoms with Crippen LogP contribution < -0.4 is 9.46 Å². The van der Waals surface area contributed by atoms with Crippen LogP contribution in [0.3, 0.4) is 0 Å². The molecule has 0 aromatic heterocycles. The van der Waals surface area contributed by atoms with Crippen molar-refractivity contribution in [2.24, 2.45) is 0 Å². The van der Waals surface area contributed by atoms with E-state index in [1.54, 1.807) is 6.07 Å². The Balaban J connectivity index is 1.41. The third kappa shape index (κ3) is 6.22. The number of sulfonamides is 1. The van der Waals surface area contributed by atoms with Gasteiger partial charge >= 0.3 is 0 Å². The van der Waals surface area contributed by atoms with Crippen LogP contribution in [0.5, 0.6) is 5.75 Å². The molecule has 1 amide bonds. The standard InChI is InChI=1S/C23H25ClF2N2O4S/c1-33(30,31)27-23(29)19-12-18(14-2-3-14)15(10-22(19)26)13-28-8-6-16(7-9-28)32-17-4-5-21(25)20(24)11-17/h4-5,10-12,14,16H,2-3,6-9,13H2,1H3,(H,27,29). The minimum Gasteiger partial charge on any atom is -0.490 e. The van der Waals surface area contributed by atoms with Crippen LogP contribution in [0, 0.1) is 11.6 Å². The summed E-state index contributed by atoms with van der Waals surface area (Å²) in [6, 6.07) is 7.15. The van der Waals surface area contributed by atoms with E-state index >= 15 is 0 Å². The molecule has 1 aliphatic heterocycles. The summed E-state index contributed by atoms with van der Waals surface area (Å²) >= 11 is 5.82. The summed E-state index contributed by atoms with van der Waals surface area (Å²) in [5, 5.41) is 0.0215. The van der Waals surface area contributed by atoms with Crippen molar-refractivity contribution in [1.29, 1.82) is 0 Å². The Bertz CT molecular complexity index is 1160. The van der Waals surface area contributed by atoms with Crippen molar-refractivity contribution in [3.05, 3.63) is 63.7 Å². The summed E-state index contributed by atoms with van der Waals surface area (Å²) in [6.07, 6.45) is 4.27. The first-order valence-electron chi connectivity index (χ1n) is 10.8. The maximum atomic E-state index is 14.7. The number of piperidine rings is 1. The van der Waals surface area contributed by atoms with Gasteiger partial charge in [0.05, 0.1) is 16.8 Å². The lowest BCUT2D eigenvalue weighted by molar-refractivity contribution is 0.0960. The van der Waals surface area contributed by atoms with E-state index in [0.717, 1.165) is 56.2 Å². The second-order valence-electron chi connectivity index (χ2n) is 8.68. The predicted octanol–water partition coefficient (Wildman–Crippen LogP) is 4.23. The average molecular weight is 499 g/mol. The molecule has 178 valence electrons. The van der Waals surface area contributed by atoms with Crippen molar-refractivity contribution in [1.82, 2.24) is 9.62 Å². The summed E-state index contributed by atoms with van der Waals surface area (Å²) in [4.78, 5) is 14.4. The van der Waals surface area contributed by atoms with Gasteiger partial charge in [-0.15, -0.1) is 0 Å². The van der Waals surface area contributed by atoms with Gasteiger partial charge in [-0.3, -0.25) is 9.69 Å². The first kappa shape index (κ1) is 23.9. The molecule has 10 heteroatoms. The zero-order chi connectivity index (χ0) is 23.8. The van der Waals surface area contributed by atoms with Gasteiger partial charge in [0.15, 0.2) is 0 Å². The first-order valence-corrected chi connectivity index (χ1v) is 13.0. The van der Waals surface area contributed by atoms with Crippen LogP contribution >= 0.6 is 11.6 Å². The second-order valence-corrected chi connectivity index (χ2v) is 10.8. The van der Waals surface area contributed by atoms with Crippen LogP contribution in [0.25, 0.3) is 0 Å². The fourth-order valence-electron chi connectivity index (χ4n) is 4.11. The Morgan fingerprint density at radius 1 is 1.12 bits per heavy atom. The van der Waals surface area contributed by atoms with E-state index in [4.69, 9.17) is 16.3 Å². The average Bonchev–Trinajstić information content (AvgIpc) is 3.56. The lowest BCUT2D eigenvalue weighted by atomic mass is 9.97. The van der Waals surface area contributed by atoms with Gasteiger partial charge in [0.25, 0.3) is 5.91 Å². The minimum absolute atomic E-state index is 0.0215. The Kier molecular flexibility index (Phi) is 6.93. The minimum atomic E-state index is -3.78. The number of benzene rings is 2. The number of carbonyl (C=O) groups excluding carboxylic acids is 1. The normalized spacial score (nSPS) is 17.7. The van der Waals surface area contributed by atoms with Crippen molar-refractivity contribution in [3.63, 3.8) is 0 Å². The summed E-state index contributed by atoms with van der Waals surface area (Å²) in [5.74, 6) is -1.39. The number of hydrogen-bond donors (Lipinski definition) is 1. The third-order valence-corrected chi connectivity index (χ3v) is 6.74. The molecular formula is C23H25ClF2N2O4S. The fraction of sp³-hybridized carbons (Fsp3) is 0.435. The third-order valence-electron chi connectivity index (χ3n) is 5.89. The lowest BCUT2D eigenvalue weighted by Crippen LogP contribution is -2.38. The number of ether oxygens (including phenoxy) is 1. The van der Waals surface area contributed by atoms with E-state index in [0.29, 0.717) is 12.3 Å². The van der Waals surface area contributed by atoms with E-state index in [9.17, 15) is 22.0 Å². The van der Waals surface area contributed by atoms with Gasteiger partial charge in [0.2, 0.25) is 10.0 Å². The zero-order valence-corrected chi connectivity index (χ0v) is 19.7. The quantitative estimate of drug-likeness (QED) is 0.618. The van der Waals surface area contributed by atoms with E-state index in [-0.39, 0.29) is 22.6 Å². The number of nitrogens with zero attached hydrogens (tertiary/aromatic N) is 1. The SMILES string of the molecule is CS(=O)(=O)NC(=O)c1cc(C2CC2)c(CN2CCC(Oc3ccc(F)c(Cl)c3)CC2)cc1F. The molecule has 1 N–H and O–H groups in total. The highest BCUT2D eigenvalue weighted by Gasteiger charge is 2.30. The smallest absolute Gasteiger partial charge is 0.267 e. The molecule has 2 aromatic rings. The van der Waals surface area contributed by atoms with E-state index in [1.165, 1.54) is 24.3 Å². The van der Waals surface area contributed by atoms with Crippen LogP contribution in [0.4, 0.5) is 8.78 Å². The Morgan fingerprint density at radius 2 is 1.82 bits per heavy atom. The van der Waals surface area contributed by atoms with Crippen LogP contribution in [0.1, 0.15) is 53.1 Å². The predicted molar refractivity (Wildman–Crippen MR) is 121 cm³/mol. The van der Waals surface area contributed by atoms with Crippen LogP contribution in [-0.2, 0) is 16.6 Å². The van der Waals surface area contributed by atoms with Crippen LogP contribution in [-0.4, -0.2) is 44.7 Å². The van der Waals surface area contributed by atoms with Gasteiger partial charge in [-0.1, -0.05) is 11.6 Å². The molecule has 1 saturated heterocycles. The summed E-state index contributed by atoms with van der Waals surface area (Å²) in [5.41, 5.74) is 1.46. The van der Waals surface area contributed by atoms with Crippen LogP contribution in [0.15, 0.2) is 30.3 Å². The summed E-state index contributed by atoms with van der Waals surface area (Å²) < 4.78 is 58.6. The summed E-state index contributed by atoms with van der Waals surface area (Å²) in [6.45, 7) is 2.01. The molecule has 1 heterocycles. The number of halogens is 3. The van der Waals surface area contributed by atoms with E-state index < -0.39 is 27.6 Å². The molecule has 2 aliphatic rings. The van der Waals surface area contributed by atoms with Crippen molar-refractivity contribution in [3.8, 4) is 5.75 Å². The molecule has 2 aromatic carbocycles. The van der Waals surface area contributed by atoms with Crippen molar-refractivity contribution >= 4 is 27.5 Å². The summed E-state index contributed by atoms with van der Waals surface area (Å²) in [7, 11) is -3.78. The van der Waals surface area contributed by atoms with Gasteiger partial charge in [-0.2, -0.15) is 0 Å². The fourth-order valence-corrected chi connectivity index (χ4v) is 4.73. The molecule has 6 nitrogen and oxygen atoms in total. The second kappa shape index (κ2) is 9.56. The molecule has 0 radical (unpaired) electrons. The van der Waals surface area contributed by atoms with E-state index in [2.05, 4.69) is 4.90 Å². The molecule has 1 saturated carbocycles. The van der Waals surface area contributed by atoms with E-state index in [1.807, 2.05) is 4.72 Å². The molecule has 0 unspecified atom stereocenters. The van der Waals surface area contributed by atoms with Crippen molar-refractivity contribution < 1.29 is 26.7 Å². The highest BCUT2D eigenvalue weighted by atomic mass is 35.5. The van der Waals surface area contributed by atoms with Gasteiger partial charge in [0, 0.05) is 25.7 Å². The molecule has 0 atom stereocenters. The number of rotatable bonds is 7. The first-order chi connectivity index (χ1) is 15.6. The number of amides is 1. The van der Waals surface area contributed by atoms with Crippen molar-refractivity contribution in [2.45, 2.75) is 44.2 Å². The largest absolute Gasteiger partial charge is 0.490 e. The zero-order valence-electron chi connectivity index (χ0n) is 18.1. The molecule has 0 bridgehead atoms. The van der Waals surface area contributed by atoms with Crippen LogP contribution in [0.2, 0.25) is 5.02 Å². The Morgan fingerprint density at radius 3 is 2.42 bits per heavy atom. The van der Waals surface area contributed by atoms with Gasteiger partial charge in [-0.05, 0) is 67.0 Å². The van der Waals surface area contributed by atoms with Gasteiger partial charge < -0.3 is 4.74 Å². The Labute approximate surface area is 196 Å². The molecule has 33 heavy (non-hydrogen) atoms. The van der Waals surface area contributed by atoms with Crippen molar-refractivity contribution in [2.75, 3.05) is 19.3 Å². The maximum Gasteiger partial charge on any atom is 0.267 e. The molecule has 4 rings (SSSR count). The highest BCUT2D eigenvalue weighted by Crippen LogP contribution is 2.43. The maximum absolute atomic E-state index is 14.7.